The second kappa shape index (κ2) is 5.35. The number of hydrogen-bond donors (Lipinski definition) is 1. The van der Waals surface area contributed by atoms with Crippen LogP contribution < -0.4 is 5.73 Å². The van der Waals surface area contributed by atoms with E-state index in [1.807, 2.05) is 19.1 Å². The van der Waals surface area contributed by atoms with Crippen LogP contribution in [0.5, 0.6) is 0 Å². The van der Waals surface area contributed by atoms with Crippen molar-refractivity contribution in [3.8, 4) is 0 Å². The maximum atomic E-state index is 12.1. The molecule has 0 saturated carbocycles. The van der Waals surface area contributed by atoms with E-state index in [1.165, 1.54) is 0 Å². The Balaban J connectivity index is 2.73. The summed E-state index contributed by atoms with van der Waals surface area (Å²) in [5, 5.41) is 0. The topological polar surface area (TPSA) is 26.0 Å². The third-order valence-electron chi connectivity index (χ3n) is 2.36. The van der Waals surface area contributed by atoms with Gasteiger partial charge in [-0.3, -0.25) is 0 Å². The van der Waals surface area contributed by atoms with E-state index in [0.717, 1.165) is 14.7 Å². The van der Waals surface area contributed by atoms with Gasteiger partial charge in [0.2, 0.25) is 0 Å². The molecule has 0 amide bonds. The lowest BCUT2D eigenvalue weighted by Gasteiger charge is -2.16. The molecular weight excluding hydrogens is 330 g/mol. The van der Waals surface area contributed by atoms with Crippen molar-refractivity contribution in [2.45, 2.75) is 32.0 Å². The molecule has 1 nitrogen and oxygen atoms in total. The lowest BCUT2D eigenvalue weighted by Crippen LogP contribution is -2.17. The fraction of sp³-hybridized carbons (Fsp3) is 0.455. The highest BCUT2D eigenvalue weighted by atomic mass is 127. The van der Waals surface area contributed by atoms with Crippen molar-refractivity contribution in [1.29, 1.82) is 0 Å². The van der Waals surface area contributed by atoms with Crippen LogP contribution in [-0.4, -0.2) is 6.18 Å². The number of rotatable bonds is 3. The summed E-state index contributed by atoms with van der Waals surface area (Å²) in [6.45, 7) is 1.92. The second-order valence-corrected chi connectivity index (χ2v) is 4.82. The third-order valence-corrected chi connectivity index (χ3v) is 3.83. The number of nitrogens with two attached hydrogens (primary N) is 1. The van der Waals surface area contributed by atoms with E-state index in [2.05, 4.69) is 22.6 Å². The van der Waals surface area contributed by atoms with E-state index in [1.54, 1.807) is 6.07 Å². The first-order valence-corrected chi connectivity index (χ1v) is 5.96. The number of hydrogen-bond acceptors (Lipinski definition) is 1. The normalized spacial score (nSPS) is 13.9. The van der Waals surface area contributed by atoms with Crippen molar-refractivity contribution in [2.75, 3.05) is 0 Å². The Morgan fingerprint density at radius 2 is 2.00 bits per heavy atom. The zero-order valence-electron chi connectivity index (χ0n) is 8.81. The van der Waals surface area contributed by atoms with E-state index in [0.29, 0.717) is 0 Å². The van der Waals surface area contributed by atoms with Crippen molar-refractivity contribution >= 4 is 22.6 Å². The number of aryl methyl sites for hydroxylation is 1. The van der Waals surface area contributed by atoms with Crippen LogP contribution in [0.2, 0.25) is 0 Å². The first-order chi connectivity index (χ1) is 7.31. The fourth-order valence-electron chi connectivity index (χ4n) is 1.43. The van der Waals surface area contributed by atoms with Gasteiger partial charge in [0.1, 0.15) is 0 Å². The Bertz CT molecular complexity index is 363. The van der Waals surface area contributed by atoms with Gasteiger partial charge in [0.05, 0.1) is 0 Å². The number of halogens is 4. The smallest absolute Gasteiger partial charge is 0.324 e. The molecule has 1 atom stereocenters. The number of benzene rings is 1. The molecule has 0 fully saturated rings. The van der Waals surface area contributed by atoms with Crippen LogP contribution in [-0.2, 0) is 0 Å². The maximum Gasteiger partial charge on any atom is 0.389 e. The molecule has 1 aromatic rings. The molecular formula is C11H13F3IN. The van der Waals surface area contributed by atoms with E-state index in [9.17, 15) is 13.2 Å². The summed E-state index contributed by atoms with van der Waals surface area (Å²) in [4.78, 5) is 0. The van der Waals surface area contributed by atoms with Gasteiger partial charge in [-0.25, -0.2) is 0 Å². The average molecular weight is 343 g/mol. The highest BCUT2D eigenvalue weighted by Gasteiger charge is 2.28. The Hall–Kier alpha value is -0.300. The zero-order chi connectivity index (χ0) is 12.3. The minimum absolute atomic E-state index is 0.0665. The minimum atomic E-state index is -4.13. The highest BCUT2D eigenvalue weighted by Crippen LogP contribution is 2.29. The molecule has 0 spiro atoms. The van der Waals surface area contributed by atoms with Gasteiger partial charge >= 0.3 is 6.18 Å². The molecule has 0 heterocycles. The molecule has 5 heteroatoms. The lowest BCUT2D eigenvalue weighted by atomic mass is 10.0. The molecule has 0 aliphatic heterocycles. The van der Waals surface area contributed by atoms with Gasteiger partial charge in [-0.1, -0.05) is 18.2 Å². The fourth-order valence-corrected chi connectivity index (χ4v) is 2.19. The molecule has 1 aromatic carbocycles. The van der Waals surface area contributed by atoms with Crippen LogP contribution in [0.4, 0.5) is 13.2 Å². The van der Waals surface area contributed by atoms with Gasteiger partial charge in [0.15, 0.2) is 0 Å². The predicted octanol–water partition coefficient (Wildman–Crippen LogP) is 3.94. The molecule has 1 unspecified atom stereocenters. The maximum absolute atomic E-state index is 12.1. The lowest BCUT2D eigenvalue weighted by molar-refractivity contribution is -0.136. The second-order valence-electron chi connectivity index (χ2n) is 3.74. The van der Waals surface area contributed by atoms with Gasteiger partial charge < -0.3 is 5.73 Å². The largest absolute Gasteiger partial charge is 0.389 e. The van der Waals surface area contributed by atoms with Crippen LogP contribution >= 0.6 is 22.6 Å². The molecule has 1 rings (SSSR count). The Morgan fingerprint density at radius 3 is 2.56 bits per heavy atom. The molecule has 2 N–H and O–H groups in total. The van der Waals surface area contributed by atoms with Crippen molar-refractivity contribution in [3.63, 3.8) is 0 Å². The SMILES string of the molecule is Cc1cccc(C(N)CCC(F)(F)F)c1I. The average Bonchev–Trinajstić information content (AvgIpc) is 2.17. The Kier molecular flexibility index (Phi) is 4.61. The third kappa shape index (κ3) is 3.93. The summed E-state index contributed by atoms with van der Waals surface area (Å²) in [5.41, 5.74) is 7.61. The summed E-state index contributed by atoms with van der Waals surface area (Å²) >= 11 is 2.12. The minimum Gasteiger partial charge on any atom is -0.324 e. The quantitative estimate of drug-likeness (QED) is 0.827. The van der Waals surface area contributed by atoms with Crippen molar-refractivity contribution in [3.05, 3.63) is 32.9 Å². The summed E-state index contributed by atoms with van der Waals surface area (Å²) in [6, 6.07) is 4.98. The molecule has 0 aromatic heterocycles. The number of alkyl halides is 3. The Labute approximate surface area is 106 Å². The highest BCUT2D eigenvalue weighted by molar-refractivity contribution is 14.1. The summed E-state index contributed by atoms with van der Waals surface area (Å²) in [5.74, 6) is 0. The molecule has 0 saturated heterocycles. The predicted molar refractivity (Wildman–Crippen MR) is 66.1 cm³/mol. The van der Waals surface area contributed by atoms with Crippen LogP contribution in [0.25, 0.3) is 0 Å². The molecule has 0 radical (unpaired) electrons. The van der Waals surface area contributed by atoms with Crippen LogP contribution in [0.1, 0.15) is 30.0 Å². The molecule has 0 bridgehead atoms. The van der Waals surface area contributed by atoms with Crippen LogP contribution in [0.15, 0.2) is 18.2 Å². The zero-order valence-corrected chi connectivity index (χ0v) is 11.0. The van der Waals surface area contributed by atoms with Gasteiger partial charge in [0.25, 0.3) is 0 Å². The first-order valence-electron chi connectivity index (χ1n) is 4.88. The monoisotopic (exact) mass is 343 g/mol. The van der Waals surface area contributed by atoms with E-state index < -0.39 is 18.6 Å². The molecule has 90 valence electrons. The molecule has 0 aliphatic carbocycles. The standard InChI is InChI=1S/C11H13F3IN/c1-7-3-2-4-8(10(7)15)9(16)5-6-11(12,13)14/h2-4,9H,5-6,16H2,1H3. The van der Waals surface area contributed by atoms with Gasteiger partial charge in [-0.2, -0.15) is 13.2 Å². The van der Waals surface area contributed by atoms with E-state index in [4.69, 9.17) is 5.73 Å². The Morgan fingerprint density at radius 1 is 1.38 bits per heavy atom. The first kappa shape index (κ1) is 13.8. The van der Waals surface area contributed by atoms with E-state index in [-0.39, 0.29) is 6.42 Å². The van der Waals surface area contributed by atoms with Gasteiger partial charge in [-0.05, 0) is 47.1 Å². The molecule has 0 aliphatic rings. The van der Waals surface area contributed by atoms with Gasteiger partial charge in [0, 0.05) is 16.0 Å². The van der Waals surface area contributed by atoms with Crippen LogP contribution in [0.3, 0.4) is 0 Å². The van der Waals surface area contributed by atoms with Crippen molar-refractivity contribution < 1.29 is 13.2 Å². The van der Waals surface area contributed by atoms with Crippen LogP contribution in [0, 0.1) is 10.5 Å². The van der Waals surface area contributed by atoms with E-state index >= 15 is 0 Å². The molecule has 16 heavy (non-hydrogen) atoms. The summed E-state index contributed by atoms with van der Waals surface area (Å²) in [6.07, 6.45) is -5.03. The van der Waals surface area contributed by atoms with Crippen molar-refractivity contribution in [2.24, 2.45) is 5.73 Å². The van der Waals surface area contributed by atoms with Crippen molar-refractivity contribution in [1.82, 2.24) is 0 Å². The summed E-state index contributed by atoms with van der Waals surface area (Å²) < 4.78 is 37.1. The van der Waals surface area contributed by atoms with Gasteiger partial charge in [-0.15, -0.1) is 0 Å². The summed E-state index contributed by atoms with van der Waals surface area (Å²) in [7, 11) is 0.